The SMILES string of the molecule is CC(=O)N[C@]1(c2noc(C)n2)CCN(c2ncc(Cl)cc2F)C1. The Labute approximate surface area is 136 Å². The number of nitrogens with zero attached hydrogens (tertiary/aromatic N) is 4. The summed E-state index contributed by atoms with van der Waals surface area (Å²) in [6, 6.07) is 1.21. The van der Waals surface area contributed by atoms with Crippen LogP contribution in [0, 0.1) is 12.7 Å². The maximum atomic E-state index is 14.1. The van der Waals surface area contributed by atoms with Crippen molar-refractivity contribution in [2.24, 2.45) is 0 Å². The van der Waals surface area contributed by atoms with E-state index in [-0.39, 0.29) is 23.3 Å². The lowest BCUT2D eigenvalue weighted by Gasteiger charge is -2.27. The molecule has 0 saturated carbocycles. The first-order valence-corrected chi connectivity index (χ1v) is 7.43. The van der Waals surface area contributed by atoms with Crippen molar-refractivity contribution < 1.29 is 13.7 Å². The van der Waals surface area contributed by atoms with E-state index in [9.17, 15) is 9.18 Å². The van der Waals surface area contributed by atoms with Gasteiger partial charge in [0.2, 0.25) is 11.8 Å². The molecule has 1 saturated heterocycles. The largest absolute Gasteiger partial charge is 0.351 e. The molecule has 1 N–H and O–H groups in total. The summed E-state index contributed by atoms with van der Waals surface area (Å²) in [5.74, 6) is 0.224. The quantitative estimate of drug-likeness (QED) is 0.918. The van der Waals surface area contributed by atoms with Crippen LogP contribution in [0.3, 0.4) is 0 Å². The summed E-state index contributed by atoms with van der Waals surface area (Å²) in [4.78, 5) is 21.6. The van der Waals surface area contributed by atoms with Gasteiger partial charge >= 0.3 is 0 Å². The van der Waals surface area contributed by atoms with E-state index in [2.05, 4.69) is 20.4 Å². The Morgan fingerprint density at radius 2 is 2.35 bits per heavy atom. The van der Waals surface area contributed by atoms with E-state index in [1.807, 2.05) is 0 Å². The number of amides is 1. The third-order valence-electron chi connectivity index (χ3n) is 3.73. The van der Waals surface area contributed by atoms with Gasteiger partial charge in [0.05, 0.1) is 11.6 Å². The third-order valence-corrected chi connectivity index (χ3v) is 3.93. The maximum absolute atomic E-state index is 14.1. The number of pyridine rings is 1. The first-order chi connectivity index (χ1) is 10.9. The normalized spacial score (nSPS) is 20.8. The van der Waals surface area contributed by atoms with Crippen LogP contribution in [-0.2, 0) is 10.3 Å². The molecule has 0 aliphatic carbocycles. The highest BCUT2D eigenvalue weighted by Gasteiger charge is 2.45. The lowest BCUT2D eigenvalue weighted by Crippen LogP contribution is -2.48. The van der Waals surface area contributed by atoms with Gasteiger partial charge in [0, 0.05) is 26.6 Å². The van der Waals surface area contributed by atoms with Crippen LogP contribution in [0.4, 0.5) is 10.2 Å². The molecule has 1 amide bonds. The first kappa shape index (κ1) is 15.7. The van der Waals surface area contributed by atoms with E-state index >= 15 is 0 Å². The van der Waals surface area contributed by atoms with Crippen molar-refractivity contribution in [1.82, 2.24) is 20.4 Å². The fourth-order valence-electron chi connectivity index (χ4n) is 2.80. The van der Waals surface area contributed by atoms with Crippen LogP contribution < -0.4 is 10.2 Å². The van der Waals surface area contributed by atoms with E-state index in [1.54, 1.807) is 11.8 Å². The average molecular weight is 340 g/mol. The fraction of sp³-hybridized carbons (Fsp3) is 0.429. The number of hydrogen-bond acceptors (Lipinski definition) is 6. The molecule has 23 heavy (non-hydrogen) atoms. The van der Waals surface area contributed by atoms with Crippen LogP contribution in [0.15, 0.2) is 16.8 Å². The van der Waals surface area contributed by atoms with Gasteiger partial charge in [-0.15, -0.1) is 0 Å². The topological polar surface area (TPSA) is 84.2 Å². The van der Waals surface area contributed by atoms with E-state index < -0.39 is 11.4 Å². The minimum atomic E-state index is -0.836. The summed E-state index contributed by atoms with van der Waals surface area (Å²) in [6.07, 6.45) is 1.90. The van der Waals surface area contributed by atoms with E-state index in [0.29, 0.717) is 24.7 Å². The molecule has 0 aromatic carbocycles. The Morgan fingerprint density at radius 1 is 1.57 bits per heavy atom. The predicted octanol–water partition coefficient (Wildman–Crippen LogP) is 1.81. The molecule has 1 fully saturated rings. The predicted molar refractivity (Wildman–Crippen MR) is 80.6 cm³/mol. The highest BCUT2D eigenvalue weighted by Crippen LogP contribution is 2.34. The van der Waals surface area contributed by atoms with Gasteiger partial charge in [-0.3, -0.25) is 4.79 Å². The smallest absolute Gasteiger partial charge is 0.223 e. The molecule has 0 unspecified atom stereocenters. The monoisotopic (exact) mass is 339 g/mol. The van der Waals surface area contributed by atoms with Gasteiger partial charge in [0.15, 0.2) is 17.5 Å². The second-order valence-corrected chi connectivity index (χ2v) is 5.97. The van der Waals surface area contributed by atoms with E-state index in [4.69, 9.17) is 16.1 Å². The summed E-state index contributed by atoms with van der Waals surface area (Å²) >= 11 is 5.74. The van der Waals surface area contributed by atoms with Crippen molar-refractivity contribution >= 4 is 23.3 Å². The molecule has 7 nitrogen and oxygen atoms in total. The highest BCUT2D eigenvalue weighted by molar-refractivity contribution is 6.30. The molecule has 1 atom stereocenters. The number of anilines is 1. The minimum Gasteiger partial charge on any atom is -0.351 e. The van der Waals surface area contributed by atoms with Gasteiger partial charge in [0.25, 0.3) is 0 Å². The fourth-order valence-corrected chi connectivity index (χ4v) is 2.95. The van der Waals surface area contributed by atoms with Crippen LogP contribution in [0.2, 0.25) is 5.02 Å². The van der Waals surface area contributed by atoms with Gasteiger partial charge < -0.3 is 14.7 Å². The number of nitrogens with one attached hydrogen (secondary N) is 1. The van der Waals surface area contributed by atoms with Crippen LogP contribution in [0.1, 0.15) is 25.1 Å². The molecule has 3 heterocycles. The van der Waals surface area contributed by atoms with Crippen LogP contribution in [0.5, 0.6) is 0 Å². The zero-order valence-electron chi connectivity index (χ0n) is 12.6. The summed E-state index contributed by atoms with van der Waals surface area (Å²) in [5.41, 5.74) is -0.836. The number of rotatable bonds is 3. The van der Waals surface area contributed by atoms with E-state index in [1.165, 1.54) is 19.2 Å². The highest BCUT2D eigenvalue weighted by atomic mass is 35.5. The summed E-state index contributed by atoms with van der Waals surface area (Å²) in [5, 5.41) is 7.03. The Hall–Kier alpha value is -2.22. The molecule has 2 aromatic heterocycles. The number of aromatic nitrogens is 3. The molecule has 1 aliphatic heterocycles. The zero-order valence-corrected chi connectivity index (χ0v) is 13.4. The van der Waals surface area contributed by atoms with Gasteiger partial charge in [-0.25, -0.2) is 9.37 Å². The second kappa shape index (κ2) is 5.77. The van der Waals surface area contributed by atoms with Gasteiger partial charge in [0.1, 0.15) is 5.54 Å². The molecule has 122 valence electrons. The molecular formula is C14H15ClFN5O2. The summed E-state index contributed by atoms with van der Waals surface area (Å²) < 4.78 is 19.1. The first-order valence-electron chi connectivity index (χ1n) is 7.05. The Bertz CT molecular complexity index is 753. The Balaban J connectivity index is 1.93. The molecule has 0 bridgehead atoms. The molecular weight excluding hydrogens is 325 g/mol. The number of hydrogen-bond donors (Lipinski definition) is 1. The van der Waals surface area contributed by atoms with Gasteiger partial charge in [-0.05, 0) is 12.5 Å². The maximum Gasteiger partial charge on any atom is 0.223 e. The minimum absolute atomic E-state index is 0.182. The van der Waals surface area contributed by atoms with Crippen molar-refractivity contribution in [3.8, 4) is 0 Å². The van der Waals surface area contributed by atoms with Crippen molar-refractivity contribution in [2.45, 2.75) is 25.8 Å². The van der Waals surface area contributed by atoms with E-state index in [0.717, 1.165) is 0 Å². The standard InChI is InChI=1S/C14H15ClFN5O2/c1-8(22)19-14(13-18-9(2)23-20-13)3-4-21(7-14)12-11(16)5-10(15)6-17-12/h5-6H,3-4,7H2,1-2H3,(H,19,22)/t14-/m1/s1. The summed E-state index contributed by atoms with van der Waals surface area (Å²) in [6.45, 7) is 3.86. The van der Waals surface area contributed by atoms with Crippen LogP contribution >= 0.6 is 11.6 Å². The van der Waals surface area contributed by atoms with Crippen LogP contribution in [-0.4, -0.2) is 34.1 Å². The average Bonchev–Trinajstić information content (AvgIpc) is 3.06. The van der Waals surface area contributed by atoms with Crippen molar-refractivity contribution in [2.75, 3.05) is 18.0 Å². The number of carbonyl (C=O) groups excluding carboxylic acids is 1. The van der Waals surface area contributed by atoms with Crippen molar-refractivity contribution in [3.05, 3.63) is 34.8 Å². The number of aryl methyl sites for hydroxylation is 1. The lowest BCUT2D eigenvalue weighted by atomic mass is 9.97. The lowest BCUT2D eigenvalue weighted by molar-refractivity contribution is -0.120. The molecule has 9 heteroatoms. The Morgan fingerprint density at radius 3 is 2.96 bits per heavy atom. The molecule has 2 aromatic rings. The van der Waals surface area contributed by atoms with Crippen LogP contribution in [0.25, 0.3) is 0 Å². The van der Waals surface area contributed by atoms with Crippen molar-refractivity contribution in [1.29, 1.82) is 0 Å². The zero-order chi connectivity index (χ0) is 16.6. The molecule has 3 rings (SSSR count). The van der Waals surface area contributed by atoms with Gasteiger partial charge in [-0.2, -0.15) is 4.98 Å². The van der Waals surface area contributed by atoms with Gasteiger partial charge in [-0.1, -0.05) is 16.8 Å². The Kier molecular flexibility index (Phi) is 3.93. The number of carbonyl (C=O) groups is 1. The number of halogens is 2. The third kappa shape index (κ3) is 2.98. The second-order valence-electron chi connectivity index (χ2n) is 5.53. The molecule has 0 radical (unpaired) electrons. The molecule has 1 aliphatic rings. The van der Waals surface area contributed by atoms with Crippen molar-refractivity contribution in [3.63, 3.8) is 0 Å². The summed E-state index contributed by atoms with van der Waals surface area (Å²) in [7, 11) is 0. The molecule has 0 spiro atoms.